The molecule has 0 bridgehead atoms. The number of carbonyl (C=O) groups excluding carboxylic acids is 1. The molecule has 1 aliphatic rings. The molecule has 4 heteroatoms. The zero-order valence-corrected chi connectivity index (χ0v) is 11.2. The van der Waals surface area contributed by atoms with E-state index in [-0.39, 0.29) is 12.1 Å². The van der Waals surface area contributed by atoms with E-state index in [9.17, 15) is 4.79 Å². The molecular formula is C13H27N3O. The molecule has 0 heterocycles. The van der Waals surface area contributed by atoms with Crippen LogP contribution < -0.4 is 16.4 Å². The van der Waals surface area contributed by atoms with Gasteiger partial charge >= 0.3 is 6.03 Å². The molecule has 0 aromatic heterocycles. The van der Waals surface area contributed by atoms with Gasteiger partial charge in [-0.25, -0.2) is 4.79 Å². The molecule has 1 saturated carbocycles. The van der Waals surface area contributed by atoms with Crippen LogP contribution in [0.3, 0.4) is 0 Å². The van der Waals surface area contributed by atoms with Crippen molar-refractivity contribution in [3.05, 3.63) is 0 Å². The number of hydrogen-bond acceptors (Lipinski definition) is 2. The molecule has 17 heavy (non-hydrogen) atoms. The van der Waals surface area contributed by atoms with E-state index in [0.717, 1.165) is 19.3 Å². The number of nitrogens with one attached hydrogen (secondary N) is 2. The van der Waals surface area contributed by atoms with Crippen LogP contribution >= 0.6 is 0 Å². The van der Waals surface area contributed by atoms with Gasteiger partial charge in [0.2, 0.25) is 0 Å². The van der Waals surface area contributed by atoms with Gasteiger partial charge in [0.15, 0.2) is 0 Å². The molecule has 1 aliphatic carbocycles. The molecule has 4 nitrogen and oxygen atoms in total. The number of rotatable bonds is 5. The predicted octanol–water partition coefficient (Wildman–Crippen LogP) is 1.99. The van der Waals surface area contributed by atoms with Crippen LogP contribution in [0.25, 0.3) is 0 Å². The molecule has 0 radical (unpaired) electrons. The van der Waals surface area contributed by atoms with Crippen molar-refractivity contribution in [2.24, 2.45) is 11.7 Å². The van der Waals surface area contributed by atoms with Crippen molar-refractivity contribution >= 4 is 6.03 Å². The van der Waals surface area contributed by atoms with Gasteiger partial charge < -0.3 is 16.4 Å². The van der Waals surface area contributed by atoms with E-state index in [1.165, 1.54) is 19.3 Å². The van der Waals surface area contributed by atoms with Gasteiger partial charge in [0.05, 0.1) is 0 Å². The van der Waals surface area contributed by atoms with Crippen molar-refractivity contribution in [1.29, 1.82) is 0 Å². The van der Waals surface area contributed by atoms with Crippen LogP contribution in [0.15, 0.2) is 0 Å². The van der Waals surface area contributed by atoms with Gasteiger partial charge in [-0.05, 0) is 25.2 Å². The molecule has 0 aliphatic heterocycles. The van der Waals surface area contributed by atoms with Crippen LogP contribution in [0.4, 0.5) is 4.79 Å². The lowest BCUT2D eigenvalue weighted by Gasteiger charge is -2.23. The maximum atomic E-state index is 11.6. The standard InChI is InChI=1S/C13H27N3O/c1-10(2)8-11(14)9-15-13(17)16-12-6-4-3-5-7-12/h10-12H,3-9,14H2,1-2H3,(H2,15,16,17). The summed E-state index contributed by atoms with van der Waals surface area (Å²) >= 11 is 0. The zero-order chi connectivity index (χ0) is 12.7. The van der Waals surface area contributed by atoms with E-state index >= 15 is 0 Å². The van der Waals surface area contributed by atoms with Crippen molar-refractivity contribution in [1.82, 2.24) is 10.6 Å². The monoisotopic (exact) mass is 241 g/mol. The molecule has 1 atom stereocenters. The van der Waals surface area contributed by atoms with Crippen molar-refractivity contribution in [3.8, 4) is 0 Å². The van der Waals surface area contributed by atoms with E-state index < -0.39 is 0 Å². The highest BCUT2D eigenvalue weighted by Gasteiger charge is 2.15. The largest absolute Gasteiger partial charge is 0.337 e. The average Bonchev–Trinajstić information content (AvgIpc) is 2.27. The molecule has 0 saturated heterocycles. The normalized spacial score (nSPS) is 19.1. The number of carbonyl (C=O) groups is 1. The fourth-order valence-corrected chi connectivity index (χ4v) is 2.40. The van der Waals surface area contributed by atoms with E-state index in [1.54, 1.807) is 0 Å². The third-order valence-electron chi connectivity index (χ3n) is 3.24. The van der Waals surface area contributed by atoms with Crippen molar-refractivity contribution < 1.29 is 4.79 Å². The minimum atomic E-state index is -0.0592. The Hall–Kier alpha value is -0.770. The summed E-state index contributed by atoms with van der Waals surface area (Å²) in [5.41, 5.74) is 5.91. The second-order valence-corrected chi connectivity index (χ2v) is 5.58. The first-order valence-electron chi connectivity index (χ1n) is 6.88. The lowest BCUT2D eigenvalue weighted by molar-refractivity contribution is 0.231. The summed E-state index contributed by atoms with van der Waals surface area (Å²) in [6, 6.07) is 0.369. The lowest BCUT2D eigenvalue weighted by atomic mass is 9.96. The van der Waals surface area contributed by atoms with Gasteiger partial charge in [-0.2, -0.15) is 0 Å². The molecule has 1 unspecified atom stereocenters. The van der Waals surface area contributed by atoms with E-state index in [0.29, 0.717) is 18.5 Å². The summed E-state index contributed by atoms with van der Waals surface area (Å²) in [4.78, 5) is 11.6. The third kappa shape index (κ3) is 6.51. The van der Waals surface area contributed by atoms with Crippen LogP contribution in [-0.2, 0) is 0 Å². The second-order valence-electron chi connectivity index (χ2n) is 5.58. The maximum Gasteiger partial charge on any atom is 0.315 e. The Morgan fingerprint density at radius 2 is 1.94 bits per heavy atom. The van der Waals surface area contributed by atoms with E-state index in [1.807, 2.05) is 0 Å². The number of urea groups is 1. The van der Waals surface area contributed by atoms with Crippen molar-refractivity contribution in [2.45, 2.75) is 64.5 Å². The topological polar surface area (TPSA) is 67.1 Å². The minimum absolute atomic E-state index is 0.0592. The highest BCUT2D eigenvalue weighted by Crippen LogP contribution is 2.17. The average molecular weight is 241 g/mol. The van der Waals surface area contributed by atoms with Gasteiger partial charge in [0.1, 0.15) is 0 Å². The van der Waals surface area contributed by atoms with Gasteiger partial charge in [-0.3, -0.25) is 0 Å². The van der Waals surface area contributed by atoms with Crippen LogP contribution in [-0.4, -0.2) is 24.7 Å². The molecule has 100 valence electrons. The van der Waals surface area contributed by atoms with Gasteiger partial charge in [-0.1, -0.05) is 33.1 Å². The van der Waals surface area contributed by atoms with Crippen molar-refractivity contribution in [2.75, 3.05) is 6.54 Å². The lowest BCUT2D eigenvalue weighted by Crippen LogP contribution is -2.46. The zero-order valence-electron chi connectivity index (χ0n) is 11.2. The summed E-state index contributed by atoms with van der Waals surface area (Å²) in [6.45, 7) is 4.85. The number of amides is 2. The summed E-state index contributed by atoms with van der Waals surface area (Å²) < 4.78 is 0. The molecule has 1 rings (SSSR count). The molecule has 0 aromatic carbocycles. The van der Waals surface area contributed by atoms with Crippen LogP contribution in [0.5, 0.6) is 0 Å². The smallest absolute Gasteiger partial charge is 0.315 e. The fraction of sp³-hybridized carbons (Fsp3) is 0.923. The number of hydrogen-bond donors (Lipinski definition) is 3. The van der Waals surface area contributed by atoms with Gasteiger partial charge in [-0.15, -0.1) is 0 Å². The summed E-state index contributed by atoms with van der Waals surface area (Å²) in [7, 11) is 0. The predicted molar refractivity (Wildman–Crippen MR) is 70.8 cm³/mol. The van der Waals surface area contributed by atoms with Crippen LogP contribution in [0, 0.1) is 5.92 Å². The van der Waals surface area contributed by atoms with E-state index in [2.05, 4.69) is 24.5 Å². The third-order valence-corrected chi connectivity index (χ3v) is 3.24. The molecule has 0 spiro atoms. The number of nitrogens with two attached hydrogens (primary N) is 1. The fourth-order valence-electron chi connectivity index (χ4n) is 2.40. The Bertz CT molecular complexity index is 225. The minimum Gasteiger partial charge on any atom is -0.337 e. The first-order valence-corrected chi connectivity index (χ1v) is 6.88. The second kappa shape index (κ2) is 7.54. The van der Waals surface area contributed by atoms with Crippen LogP contribution in [0.1, 0.15) is 52.4 Å². The molecule has 0 aromatic rings. The SMILES string of the molecule is CC(C)CC(N)CNC(=O)NC1CCCCC1. The molecular weight excluding hydrogens is 214 g/mol. The molecule has 1 fully saturated rings. The van der Waals surface area contributed by atoms with Gasteiger partial charge in [0.25, 0.3) is 0 Å². The molecule has 4 N–H and O–H groups in total. The summed E-state index contributed by atoms with van der Waals surface area (Å²) in [5.74, 6) is 0.577. The Balaban J connectivity index is 2.11. The Kier molecular flexibility index (Phi) is 6.34. The summed E-state index contributed by atoms with van der Waals surface area (Å²) in [6.07, 6.45) is 6.95. The van der Waals surface area contributed by atoms with Gasteiger partial charge in [0, 0.05) is 18.6 Å². The Labute approximate surface area is 105 Å². The Morgan fingerprint density at radius 3 is 2.53 bits per heavy atom. The maximum absolute atomic E-state index is 11.6. The highest BCUT2D eigenvalue weighted by molar-refractivity contribution is 5.74. The first-order chi connectivity index (χ1) is 8.08. The Morgan fingerprint density at radius 1 is 1.29 bits per heavy atom. The quantitative estimate of drug-likeness (QED) is 0.689. The van der Waals surface area contributed by atoms with E-state index in [4.69, 9.17) is 5.73 Å². The van der Waals surface area contributed by atoms with Crippen molar-refractivity contribution in [3.63, 3.8) is 0 Å². The highest BCUT2D eigenvalue weighted by atomic mass is 16.2. The molecule has 2 amide bonds. The first kappa shape index (κ1) is 14.3. The summed E-state index contributed by atoms with van der Waals surface area (Å²) in [5, 5.41) is 5.88. The van der Waals surface area contributed by atoms with Crippen LogP contribution in [0.2, 0.25) is 0 Å².